The Balaban J connectivity index is 1.16. The zero-order chi connectivity index (χ0) is 19.1. The van der Waals surface area contributed by atoms with Crippen LogP contribution in [-0.2, 0) is 11.3 Å². The van der Waals surface area contributed by atoms with Gasteiger partial charge in [-0.3, -0.25) is 18.9 Å². The second-order valence-corrected chi connectivity index (χ2v) is 8.81. The zero-order valence-electron chi connectivity index (χ0n) is 16.3. The van der Waals surface area contributed by atoms with E-state index in [0.717, 1.165) is 50.1 Å². The number of aromatic nitrogens is 2. The molecule has 3 fully saturated rings. The molecule has 28 heavy (non-hydrogen) atoms. The highest BCUT2D eigenvalue weighted by Crippen LogP contribution is 2.49. The molecule has 2 aromatic rings. The molecule has 2 aromatic heterocycles. The first-order chi connectivity index (χ1) is 13.7. The largest absolute Gasteiger partial charge is 0.340 e. The Morgan fingerprint density at radius 3 is 2.71 bits per heavy atom. The van der Waals surface area contributed by atoms with Crippen LogP contribution in [0.5, 0.6) is 0 Å². The minimum absolute atomic E-state index is 0.0414. The third-order valence-electron chi connectivity index (χ3n) is 7.06. The van der Waals surface area contributed by atoms with Gasteiger partial charge in [-0.1, -0.05) is 12.5 Å². The van der Waals surface area contributed by atoms with Gasteiger partial charge in [-0.25, -0.2) is 4.98 Å². The average Bonchev–Trinajstić information content (AvgIpc) is 3.32. The van der Waals surface area contributed by atoms with Crippen molar-refractivity contribution in [3.63, 3.8) is 0 Å². The summed E-state index contributed by atoms with van der Waals surface area (Å²) in [7, 11) is 0. The molecule has 0 unspecified atom stereocenters. The Morgan fingerprint density at radius 1 is 1.11 bits per heavy atom. The van der Waals surface area contributed by atoms with E-state index in [1.165, 1.54) is 25.7 Å². The van der Waals surface area contributed by atoms with E-state index in [1.54, 1.807) is 16.7 Å². The van der Waals surface area contributed by atoms with E-state index in [9.17, 15) is 9.59 Å². The number of hydrogen-bond acceptors (Lipinski definition) is 4. The highest BCUT2D eigenvalue weighted by molar-refractivity contribution is 5.76. The lowest BCUT2D eigenvalue weighted by atomic mass is 9.86. The Labute approximate surface area is 165 Å². The second-order valence-electron chi connectivity index (χ2n) is 8.81. The van der Waals surface area contributed by atoms with Gasteiger partial charge in [-0.15, -0.1) is 0 Å². The molecule has 2 saturated carbocycles. The highest BCUT2D eigenvalue weighted by atomic mass is 16.2. The molecule has 3 aliphatic rings. The smallest absolute Gasteiger partial charge is 0.258 e. The lowest BCUT2D eigenvalue weighted by Gasteiger charge is -2.35. The summed E-state index contributed by atoms with van der Waals surface area (Å²) >= 11 is 0. The molecule has 0 aromatic carbocycles. The molecule has 0 spiro atoms. The number of amides is 1. The molecular formula is C22H28N4O2. The van der Waals surface area contributed by atoms with Crippen molar-refractivity contribution in [1.82, 2.24) is 19.2 Å². The third-order valence-corrected chi connectivity index (χ3v) is 7.06. The molecule has 5 rings (SSSR count). The standard InChI is InChI=1S/C22H28N4O2/c27-21(13-18-12-16-4-5-17(18)11-16)25-9-7-24(8-10-25)15-19-14-22(28)26-6-2-1-3-20(26)23-19/h1-3,6,14,16-18H,4-5,7-13,15H2/t16-,17+,18+/m0/s1. The molecule has 1 amide bonds. The lowest BCUT2D eigenvalue weighted by molar-refractivity contribution is -0.134. The Kier molecular flexibility index (Phi) is 4.67. The first-order valence-corrected chi connectivity index (χ1v) is 10.6. The van der Waals surface area contributed by atoms with Crippen molar-refractivity contribution in [2.24, 2.45) is 17.8 Å². The number of pyridine rings is 1. The molecule has 1 saturated heterocycles. The molecule has 2 bridgehead atoms. The molecule has 3 heterocycles. The summed E-state index contributed by atoms with van der Waals surface area (Å²) in [6, 6.07) is 7.21. The summed E-state index contributed by atoms with van der Waals surface area (Å²) in [6.07, 6.45) is 7.87. The maximum absolute atomic E-state index is 12.7. The van der Waals surface area contributed by atoms with Crippen LogP contribution in [0, 0.1) is 17.8 Å². The van der Waals surface area contributed by atoms with Crippen LogP contribution in [0.2, 0.25) is 0 Å². The maximum Gasteiger partial charge on any atom is 0.258 e. The van der Waals surface area contributed by atoms with E-state index >= 15 is 0 Å². The Hall–Kier alpha value is -2.21. The van der Waals surface area contributed by atoms with Gasteiger partial charge in [-0.05, 0) is 49.1 Å². The van der Waals surface area contributed by atoms with Crippen LogP contribution in [0.15, 0.2) is 35.3 Å². The van der Waals surface area contributed by atoms with Gasteiger partial charge in [-0.2, -0.15) is 0 Å². The van der Waals surface area contributed by atoms with Gasteiger partial charge in [0, 0.05) is 51.4 Å². The van der Waals surface area contributed by atoms with Crippen molar-refractivity contribution in [2.45, 2.75) is 38.6 Å². The van der Waals surface area contributed by atoms with E-state index in [2.05, 4.69) is 9.88 Å². The van der Waals surface area contributed by atoms with Crippen LogP contribution in [0.1, 0.15) is 37.8 Å². The fourth-order valence-electron chi connectivity index (χ4n) is 5.55. The van der Waals surface area contributed by atoms with Crippen molar-refractivity contribution in [1.29, 1.82) is 0 Å². The van der Waals surface area contributed by atoms with Gasteiger partial charge in [0.1, 0.15) is 5.65 Å². The van der Waals surface area contributed by atoms with E-state index < -0.39 is 0 Å². The van der Waals surface area contributed by atoms with Crippen LogP contribution in [0.25, 0.3) is 5.65 Å². The number of nitrogens with zero attached hydrogens (tertiary/aromatic N) is 4. The summed E-state index contributed by atoms with van der Waals surface area (Å²) in [6.45, 7) is 3.92. The highest BCUT2D eigenvalue weighted by Gasteiger charge is 2.40. The molecule has 6 heteroatoms. The van der Waals surface area contributed by atoms with Crippen molar-refractivity contribution >= 4 is 11.6 Å². The summed E-state index contributed by atoms with van der Waals surface area (Å²) < 4.78 is 1.57. The SMILES string of the molecule is O=C(C[C@H]1C[C@H]2CC[C@@H]1C2)N1CCN(Cc2cc(=O)n3ccccc3n2)CC1. The quantitative estimate of drug-likeness (QED) is 0.816. The fourth-order valence-corrected chi connectivity index (χ4v) is 5.55. The molecule has 0 radical (unpaired) electrons. The van der Waals surface area contributed by atoms with E-state index in [0.29, 0.717) is 24.0 Å². The topological polar surface area (TPSA) is 57.9 Å². The zero-order valence-corrected chi connectivity index (χ0v) is 16.3. The summed E-state index contributed by atoms with van der Waals surface area (Å²) in [5.41, 5.74) is 1.45. The molecule has 0 N–H and O–H groups in total. The van der Waals surface area contributed by atoms with Crippen molar-refractivity contribution in [2.75, 3.05) is 26.2 Å². The summed E-state index contributed by atoms with van der Waals surface area (Å²) in [4.78, 5) is 33.9. The molecule has 148 valence electrons. The number of piperazine rings is 1. The summed E-state index contributed by atoms with van der Waals surface area (Å²) in [5, 5.41) is 0. The predicted molar refractivity (Wildman–Crippen MR) is 107 cm³/mol. The Bertz CT molecular complexity index is 932. The van der Waals surface area contributed by atoms with E-state index in [4.69, 9.17) is 0 Å². The number of carbonyl (C=O) groups excluding carboxylic acids is 1. The molecule has 1 aliphatic heterocycles. The first kappa shape index (κ1) is 17.9. The maximum atomic E-state index is 12.7. The van der Waals surface area contributed by atoms with Crippen LogP contribution in [-0.4, -0.2) is 51.3 Å². The lowest BCUT2D eigenvalue weighted by Crippen LogP contribution is -2.48. The molecule has 3 atom stereocenters. The number of fused-ring (bicyclic) bond motifs is 3. The van der Waals surface area contributed by atoms with Crippen molar-refractivity contribution in [3.8, 4) is 0 Å². The average molecular weight is 380 g/mol. The van der Waals surface area contributed by atoms with Gasteiger partial charge >= 0.3 is 0 Å². The van der Waals surface area contributed by atoms with E-state index in [-0.39, 0.29) is 5.56 Å². The first-order valence-electron chi connectivity index (χ1n) is 10.6. The van der Waals surface area contributed by atoms with Gasteiger partial charge in [0.15, 0.2) is 0 Å². The van der Waals surface area contributed by atoms with Crippen LogP contribution >= 0.6 is 0 Å². The van der Waals surface area contributed by atoms with Gasteiger partial charge in [0.25, 0.3) is 5.56 Å². The second kappa shape index (κ2) is 7.32. The molecule has 6 nitrogen and oxygen atoms in total. The minimum atomic E-state index is -0.0414. The number of rotatable bonds is 4. The van der Waals surface area contributed by atoms with Crippen LogP contribution in [0.3, 0.4) is 0 Å². The van der Waals surface area contributed by atoms with Crippen molar-refractivity contribution < 1.29 is 4.79 Å². The van der Waals surface area contributed by atoms with Gasteiger partial charge in [0.05, 0.1) is 5.69 Å². The predicted octanol–water partition coefficient (Wildman–Crippen LogP) is 2.17. The molecular weight excluding hydrogens is 352 g/mol. The molecule has 2 aliphatic carbocycles. The fraction of sp³-hybridized carbons (Fsp3) is 0.591. The summed E-state index contributed by atoms with van der Waals surface area (Å²) in [5.74, 6) is 2.70. The normalized spacial score (nSPS) is 27.6. The minimum Gasteiger partial charge on any atom is -0.340 e. The van der Waals surface area contributed by atoms with Crippen LogP contribution in [0.4, 0.5) is 0 Å². The van der Waals surface area contributed by atoms with Gasteiger partial charge in [0.2, 0.25) is 5.91 Å². The van der Waals surface area contributed by atoms with Crippen molar-refractivity contribution in [3.05, 3.63) is 46.5 Å². The third kappa shape index (κ3) is 3.46. The van der Waals surface area contributed by atoms with E-state index in [1.807, 2.05) is 23.1 Å². The van der Waals surface area contributed by atoms with Gasteiger partial charge < -0.3 is 4.90 Å². The number of carbonyl (C=O) groups is 1. The monoisotopic (exact) mass is 380 g/mol. The number of hydrogen-bond donors (Lipinski definition) is 0. The van der Waals surface area contributed by atoms with Crippen LogP contribution < -0.4 is 5.56 Å². The Morgan fingerprint density at radius 2 is 1.96 bits per heavy atom.